The zero-order valence-electron chi connectivity index (χ0n) is 15.2. The zero-order valence-corrected chi connectivity index (χ0v) is 15.2. The van der Waals surface area contributed by atoms with Gasteiger partial charge < -0.3 is 14.9 Å². The first kappa shape index (κ1) is 17.2. The Balaban J connectivity index is 1.78. The molecule has 4 aromatic rings. The fourth-order valence-electron chi connectivity index (χ4n) is 3.57. The van der Waals surface area contributed by atoms with E-state index in [1.807, 2.05) is 48.5 Å². The van der Waals surface area contributed by atoms with Gasteiger partial charge in [-0.05, 0) is 41.6 Å². The molecule has 0 radical (unpaired) electrons. The minimum Gasteiger partial charge on any atom is -0.507 e. The summed E-state index contributed by atoms with van der Waals surface area (Å²) in [5.74, 6) is 1.24. The molecule has 0 aliphatic rings. The predicted octanol–water partition coefficient (Wildman–Crippen LogP) is 6.32. The lowest BCUT2D eigenvalue weighted by Crippen LogP contribution is -2.08. The van der Waals surface area contributed by atoms with Crippen molar-refractivity contribution in [3.05, 3.63) is 78.4 Å². The number of hydrogen-bond donors (Lipinski definition) is 2. The van der Waals surface area contributed by atoms with Gasteiger partial charge in [0, 0.05) is 16.2 Å². The molecule has 0 spiro atoms. The molecule has 3 nitrogen and oxygen atoms in total. The first-order valence-electron chi connectivity index (χ1n) is 9.26. The molecule has 0 bridgehead atoms. The standard InChI is InChI=1S/C24H22O3/c1-2-7-23(17-14-16-8-3-4-9-18(16)22(26)15-17)27-24-13-12-21(25)19-10-5-6-11-20(19)24/h3-6,8-15,23,25-26H,2,7H2,1H3. The van der Waals surface area contributed by atoms with E-state index in [1.54, 1.807) is 18.2 Å². The van der Waals surface area contributed by atoms with Crippen LogP contribution < -0.4 is 4.74 Å². The Hall–Kier alpha value is -3.20. The van der Waals surface area contributed by atoms with Crippen LogP contribution in [0.3, 0.4) is 0 Å². The Morgan fingerprint density at radius 2 is 1.48 bits per heavy atom. The number of rotatable bonds is 5. The number of benzene rings is 4. The fourth-order valence-corrected chi connectivity index (χ4v) is 3.57. The van der Waals surface area contributed by atoms with Crippen LogP contribution in [0.15, 0.2) is 72.8 Å². The molecule has 0 aliphatic carbocycles. The molecular weight excluding hydrogens is 336 g/mol. The summed E-state index contributed by atoms with van der Waals surface area (Å²) in [5.41, 5.74) is 0.949. The summed E-state index contributed by atoms with van der Waals surface area (Å²) in [6.07, 6.45) is 1.60. The maximum absolute atomic E-state index is 10.5. The molecule has 136 valence electrons. The van der Waals surface area contributed by atoms with E-state index in [9.17, 15) is 10.2 Å². The van der Waals surface area contributed by atoms with Crippen LogP contribution in [0.2, 0.25) is 0 Å². The number of phenols is 2. The van der Waals surface area contributed by atoms with Gasteiger partial charge in [0.25, 0.3) is 0 Å². The summed E-state index contributed by atoms with van der Waals surface area (Å²) in [7, 11) is 0. The molecule has 2 N–H and O–H groups in total. The highest BCUT2D eigenvalue weighted by molar-refractivity contribution is 5.93. The van der Waals surface area contributed by atoms with Crippen LogP contribution in [-0.2, 0) is 0 Å². The molecule has 4 rings (SSSR count). The number of hydrogen-bond acceptors (Lipinski definition) is 3. The van der Waals surface area contributed by atoms with Gasteiger partial charge in [-0.15, -0.1) is 0 Å². The van der Waals surface area contributed by atoms with Crippen molar-refractivity contribution in [2.24, 2.45) is 0 Å². The molecule has 1 atom stereocenters. The van der Waals surface area contributed by atoms with Crippen molar-refractivity contribution in [2.45, 2.75) is 25.9 Å². The molecule has 0 aliphatic heterocycles. The Morgan fingerprint density at radius 1 is 0.778 bits per heavy atom. The third-order valence-corrected chi connectivity index (χ3v) is 4.92. The van der Waals surface area contributed by atoms with Crippen molar-refractivity contribution in [2.75, 3.05) is 0 Å². The molecule has 0 heterocycles. The Morgan fingerprint density at radius 3 is 2.26 bits per heavy atom. The summed E-state index contributed by atoms with van der Waals surface area (Å²) < 4.78 is 6.39. The van der Waals surface area contributed by atoms with Gasteiger partial charge in [-0.3, -0.25) is 0 Å². The van der Waals surface area contributed by atoms with Gasteiger partial charge in [0.2, 0.25) is 0 Å². The molecule has 1 unspecified atom stereocenters. The van der Waals surface area contributed by atoms with Crippen molar-refractivity contribution in [1.29, 1.82) is 0 Å². The number of ether oxygens (including phenoxy) is 1. The van der Waals surface area contributed by atoms with E-state index in [4.69, 9.17) is 4.74 Å². The molecule has 0 aromatic heterocycles. The van der Waals surface area contributed by atoms with Crippen LogP contribution in [-0.4, -0.2) is 10.2 Å². The molecule has 27 heavy (non-hydrogen) atoms. The molecule has 3 heteroatoms. The molecule has 0 fully saturated rings. The third kappa shape index (κ3) is 3.28. The molecule has 0 saturated carbocycles. The smallest absolute Gasteiger partial charge is 0.128 e. The topological polar surface area (TPSA) is 49.7 Å². The highest BCUT2D eigenvalue weighted by Gasteiger charge is 2.17. The minimum atomic E-state index is -0.182. The maximum atomic E-state index is 10.5. The summed E-state index contributed by atoms with van der Waals surface area (Å²) in [5, 5.41) is 24.1. The summed E-state index contributed by atoms with van der Waals surface area (Å²) >= 11 is 0. The van der Waals surface area contributed by atoms with Gasteiger partial charge in [-0.25, -0.2) is 0 Å². The lowest BCUT2D eigenvalue weighted by Gasteiger charge is -2.21. The number of fused-ring (bicyclic) bond motifs is 2. The third-order valence-electron chi connectivity index (χ3n) is 4.92. The Labute approximate surface area is 158 Å². The average Bonchev–Trinajstić information content (AvgIpc) is 2.70. The molecule has 0 saturated heterocycles. The second-order valence-electron chi connectivity index (χ2n) is 6.78. The van der Waals surface area contributed by atoms with Crippen LogP contribution in [0, 0.1) is 0 Å². The second-order valence-corrected chi connectivity index (χ2v) is 6.78. The zero-order chi connectivity index (χ0) is 18.8. The fraction of sp³-hybridized carbons (Fsp3) is 0.167. The maximum Gasteiger partial charge on any atom is 0.128 e. The van der Waals surface area contributed by atoms with E-state index in [0.717, 1.165) is 45.7 Å². The van der Waals surface area contributed by atoms with E-state index in [1.165, 1.54) is 0 Å². The summed E-state index contributed by atoms with van der Waals surface area (Å²) in [6.45, 7) is 2.12. The van der Waals surface area contributed by atoms with Gasteiger partial charge in [-0.1, -0.05) is 61.9 Å². The molecular formula is C24H22O3. The highest BCUT2D eigenvalue weighted by atomic mass is 16.5. The van der Waals surface area contributed by atoms with Crippen molar-refractivity contribution >= 4 is 21.5 Å². The van der Waals surface area contributed by atoms with Crippen molar-refractivity contribution in [3.8, 4) is 17.2 Å². The van der Waals surface area contributed by atoms with Gasteiger partial charge in [0.05, 0.1) is 0 Å². The van der Waals surface area contributed by atoms with Crippen LogP contribution in [0.5, 0.6) is 17.2 Å². The van der Waals surface area contributed by atoms with Gasteiger partial charge in [0.1, 0.15) is 23.4 Å². The summed E-state index contributed by atoms with van der Waals surface area (Å²) in [6, 6.07) is 22.8. The van der Waals surface area contributed by atoms with Crippen molar-refractivity contribution < 1.29 is 14.9 Å². The van der Waals surface area contributed by atoms with E-state index in [0.29, 0.717) is 0 Å². The second kappa shape index (κ2) is 7.20. The lowest BCUT2D eigenvalue weighted by molar-refractivity contribution is 0.196. The van der Waals surface area contributed by atoms with Crippen LogP contribution in [0.1, 0.15) is 31.4 Å². The first-order valence-corrected chi connectivity index (χ1v) is 9.26. The highest BCUT2D eigenvalue weighted by Crippen LogP contribution is 2.37. The number of phenolic OH excluding ortho intramolecular Hbond substituents is 2. The molecule has 0 amide bonds. The first-order chi connectivity index (χ1) is 13.2. The largest absolute Gasteiger partial charge is 0.507 e. The van der Waals surface area contributed by atoms with Crippen LogP contribution >= 0.6 is 0 Å². The number of aromatic hydroxyl groups is 2. The lowest BCUT2D eigenvalue weighted by atomic mass is 9.99. The van der Waals surface area contributed by atoms with E-state index in [2.05, 4.69) is 13.0 Å². The molecule has 4 aromatic carbocycles. The van der Waals surface area contributed by atoms with Crippen molar-refractivity contribution in [3.63, 3.8) is 0 Å². The average molecular weight is 358 g/mol. The van der Waals surface area contributed by atoms with E-state index < -0.39 is 0 Å². The minimum absolute atomic E-state index is 0.182. The van der Waals surface area contributed by atoms with Gasteiger partial charge >= 0.3 is 0 Å². The predicted molar refractivity (Wildman–Crippen MR) is 110 cm³/mol. The van der Waals surface area contributed by atoms with Crippen molar-refractivity contribution in [1.82, 2.24) is 0 Å². The summed E-state index contributed by atoms with van der Waals surface area (Å²) in [4.78, 5) is 0. The van der Waals surface area contributed by atoms with Gasteiger partial charge in [0.15, 0.2) is 0 Å². The Bertz CT molecular complexity index is 1100. The SMILES string of the molecule is CCCC(Oc1ccc(O)c2ccccc12)c1cc(O)c2ccccc2c1. The quantitative estimate of drug-likeness (QED) is 0.438. The monoisotopic (exact) mass is 358 g/mol. The van der Waals surface area contributed by atoms with E-state index in [-0.39, 0.29) is 17.6 Å². The van der Waals surface area contributed by atoms with Crippen LogP contribution in [0.4, 0.5) is 0 Å². The van der Waals surface area contributed by atoms with Gasteiger partial charge in [-0.2, -0.15) is 0 Å². The van der Waals surface area contributed by atoms with E-state index >= 15 is 0 Å². The Kier molecular flexibility index (Phi) is 4.59. The normalized spacial score (nSPS) is 12.3. The van der Waals surface area contributed by atoms with Crippen LogP contribution in [0.25, 0.3) is 21.5 Å².